The number of alkyl halides is 3. The molecule has 0 atom stereocenters. The molecule has 0 fully saturated rings. The van der Waals surface area contributed by atoms with Gasteiger partial charge in [-0.1, -0.05) is 11.8 Å². The normalized spacial score (nSPS) is 12.0. The van der Waals surface area contributed by atoms with E-state index in [0.29, 0.717) is 13.0 Å². The fraction of sp³-hybridized carbons (Fsp3) is 0.800. The summed E-state index contributed by atoms with van der Waals surface area (Å²) in [6, 6.07) is 0. The third kappa shape index (κ3) is 8.10. The topological polar surface area (TPSA) is 16.6 Å². The molecule has 5 heteroatoms. The van der Waals surface area contributed by atoms with Gasteiger partial charge in [0.15, 0.2) is 0 Å². The average molecular weight is 173 g/mol. The molecule has 0 aromatic rings. The number of hydrogen-bond donors (Lipinski definition) is 1. The second-order valence-electron chi connectivity index (χ2n) is 1.73. The Morgan fingerprint density at radius 3 is 2.40 bits per heavy atom. The summed E-state index contributed by atoms with van der Waals surface area (Å²) in [6.45, 7) is 0.656. The van der Waals surface area contributed by atoms with Gasteiger partial charge in [0.25, 0.3) is 0 Å². The molecule has 0 saturated heterocycles. The van der Waals surface area contributed by atoms with Crippen molar-refractivity contribution in [3.8, 4) is 0 Å². The number of rotatable bonds is 4. The first-order valence-corrected chi connectivity index (χ1v) is 3.86. The van der Waals surface area contributed by atoms with E-state index in [0.717, 1.165) is 0 Å². The molecular weight excluding hydrogens is 163 g/mol. The van der Waals surface area contributed by atoms with Crippen molar-refractivity contribution in [1.82, 2.24) is 0 Å². The van der Waals surface area contributed by atoms with Crippen LogP contribution < -0.4 is 5.32 Å². The second-order valence-corrected chi connectivity index (χ2v) is 2.88. The minimum atomic E-state index is -4.07. The maximum atomic E-state index is 11.4. The van der Waals surface area contributed by atoms with E-state index in [-0.39, 0.29) is 17.5 Å². The van der Waals surface area contributed by atoms with Crippen LogP contribution in [-0.2, 0) is 0 Å². The number of hydrogen-bond acceptors (Lipinski definition) is 1. The first-order chi connectivity index (χ1) is 4.56. The summed E-state index contributed by atoms with van der Waals surface area (Å²) in [7, 11) is 3.40. The molecule has 0 spiro atoms. The van der Waals surface area contributed by atoms with Crippen LogP contribution in [0.2, 0.25) is 0 Å². The molecule has 2 N–H and O–H groups in total. The fourth-order valence-electron chi connectivity index (χ4n) is 0.416. The molecule has 10 heavy (non-hydrogen) atoms. The van der Waals surface area contributed by atoms with Gasteiger partial charge >= 0.3 is 5.51 Å². The Kier molecular flexibility index (Phi) is 4.89. The van der Waals surface area contributed by atoms with Gasteiger partial charge in [0, 0.05) is 12.2 Å². The van der Waals surface area contributed by atoms with Gasteiger partial charge in [-0.15, -0.1) is 0 Å². The predicted octanol–water partition coefficient (Wildman–Crippen LogP) is 0.984. The van der Waals surface area contributed by atoms with Gasteiger partial charge in [0.2, 0.25) is 0 Å². The Bertz CT molecular complexity index is 83.5. The van der Waals surface area contributed by atoms with Crippen LogP contribution in [0.4, 0.5) is 13.2 Å². The lowest BCUT2D eigenvalue weighted by Gasteiger charge is -2.04. The van der Waals surface area contributed by atoms with Crippen molar-refractivity contribution in [2.75, 3.05) is 12.3 Å². The molecule has 0 bridgehead atoms. The zero-order valence-corrected chi connectivity index (χ0v) is 6.26. The molecule has 0 saturated carbocycles. The minimum absolute atomic E-state index is 0.0257. The van der Waals surface area contributed by atoms with Gasteiger partial charge in [0.1, 0.15) is 0 Å². The zero-order chi connectivity index (χ0) is 8.04. The molecule has 0 aliphatic heterocycles. The summed E-state index contributed by atoms with van der Waals surface area (Å²) in [5.74, 6) is 0.134. The van der Waals surface area contributed by atoms with Crippen LogP contribution in [0.25, 0.3) is 0 Å². The lowest BCUT2D eigenvalue weighted by molar-refractivity contribution is -0.595. The SMILES string of the molecule is [CH2-][NH2+]CCCSC(F)(F)F. The van der Waals surface area contributed by atoms with Crippen LogP contribution >= 0.6 is 11.8 Å². The molecule has 0 rings (SSSR count). The maximum absolute atomic E-state index is 11.4. The van der Waals surface area contributed by atoms with E-state index in [1.54, 1.807) is 5.32 Å². The standard InChI is InChI=1S/C5H10F3NS/c1-9-3-2-4-10-5(6,7)8/h1-4,9H2. The van der Waals surface area contributed by atoms with Crippen molar-refractivity contribution < 1.29 is 18.5 Å². The van der Waals surface area contributed by atoms with E-state index in [1.807, 2.05) is 0 Å². The summed E-state index contributed by atoms with van der Waals surface area (Å²) in [5.41, 5.74) is -4.07. The Balaban J connectivity index is 3.04. The van der Waals surface area contributed by atoms with Crippen molar-refractivity contribution in [1.29, 1.82) is 0 Å². The third-order valence-corrected chi connectivity index (χ3v) is 1.64. The highest BCUT2D eigenvalue weighted by Gasteiger charge is 2.27. The molecule has 62 valence electrons. The lowest BCUT2D eigenvalue weighted by Crippen LogP contribution is -2.76. The number of halogens is 3. The van der Waals surface area contributed by atoms with Crippen LogP contribution in [0.5, 0.6) is 0 Å². The fourth-order valence-corrected chi connectivity index (χ4v) is 0.958. The van der Waals surface area contributed by atoms with Crippen LogP contribution in [-0.4, -0.2) is 17.8 Å². The van der Waals surface area contributed by atoms with Crippen molar-refractivity contribution in [2.45, 2.75) is 11.9 Å². The van der Waals surface area contributed by atoms with E-state index in [4.69, 9.17) is 0 Å². The van der Waals surface area contributed by atoms with Gasteiger partial charge < -0.3 is 5.32 Å². The first kappa shape index (κ1) is 10.1. The smallest absolute Gasteiger partial charge is 0.441 e. The summed E-state index contributed by atoms with van der Waals surface area (Å²) in [4.78, 5) is 0. The van der Waals surface area contributed by atoms with E-state index in [9.17, 15) is 13.2 Å². The van der Waals surface area contributed by atoms with Gasteiger partial charge in [-0.2, -0.15) is 20.2 Å². The van der Waals surface area contributed by atoms with E-state index < -0.39 is 5.51 Å². The van der Waals surface area contributed by atoms with E-state index in [2.05, 4.69) is 7.05 Å². The average Bonchev–Trinajstić information content (AvgIpc) is 1.78. The molecule has 0 radical (unpaired) electrons. The molecule has 0 aromatic carbocycles. The number of quaternary nitrogens is 1. The van der Waals surface area contributed by atoms with Crippen molar-refractivity contribution in [2.24, 2.45) is 0 Å². The molecule has 0 unspecified atom stereocenters. The summed E-state index contributed by atoms with van der Waals surface area (Å²) in [6.07, 6.45) is 0.549. The maximum Gasteiger partial charge on any atom is 0.441 e. The predicted molar refractivity (Wildman–Crippen MR) is 35.3 cm³/mol. The molecule has 0 heterocycles. The molecule has 0 aliphatic carbocycles. The minimum Gasteiger partial charge on any atom is -0.479 e. The molecule has 0 aromatic heterocycles. The van der Waals surface area contributed by atoms with Gasteiger partial charge in [0.05, 0.1) is 6.54 Å². The van der Waals surface area contributed by atoms with Crippen molar-refractivity contribution >= 4 is 11.8 Å². The lowest BCUT2D eigenvalue weighted by atomic mass is 10.5. The number of thioether (sulfide) groups is 1. The van der Waals surface area contributed by atoms with Gasteiger partial charge in [-0.25, -0.2) is 0 Å². The second kappa shape index (κ2) is 4.85. The van der Waals surface area contributed by atoms with Crippen molar-refractivity contribution in [3.05, 3.63) is 7.05 Å². The third-order valence-electron chi connectivity index (χ3n) is 0.818. The summed E-state index contributed by atoms with van der Waals surface area (Å²) in [5, 5.41) is 1.62. The molecular formula is C5H10F3NS. The monoisotopic (exact) mass is 173 g/mol. The first-order valence-electron chi connectivity index (χ1n) is 2.88. The Labute approximate surface area is 62.4 Å². The van der Waals surface area contributed by atoms with Crippen LogP contribution in [0, 0.1) is 7.05 Å². The zero-order valence-electron chi connectivity index (χ0n) is 5.45. The van der Waals surface area contributed by atoms with E-state index >= 15 is 0 Å². The Morgan fingerprint density at radius 2 is 2.00 bits per heavy atom. The van der Waals surface area contributed by atoms with Crippen LogP contribution in [0.3, 0.4) is 0 Å². The number of nitrogens with two attached hydrogens (primary N) is 1. The molecule has 0 amide bonds. The quantitative estimate of drug-likeness (QED) is 0.495. The van der Waals surface area contributed by atoms with E-state index in [1.165, 1.54) is 0 Å². The highest BCUT2D eigenvalue weighted by molar-refractivity contribution is 8.00. The molecule has 1 nitrogen and oxygen atoms in total. The summed E-state index contributed by atoms with van der Waals surface area (Å²) < 4.78 is 34.3. The highest BCUT2D eigenvalue weighted by Crippen LogP contribution is 2.30. The van der Waals surface area contributed by atoms with Crippen molar-refractivity contribution in [3.63, 3.8) is 0 Å². The van der Waals surface area contributed by atoms with Crippen LogP contribution in [0.15, 0.2) is 0 Å². The van der Waals surface area contributed by atoms with Gasteiger partial charge in [-0.3, -0.25) is 0 Å². The van der Waals surface area contributed by atoms with Crippen LogP contribution in [0.1, 0.15) is 6.42 Å². The summed E-state index contributed by atoms with van der Waals surface area (Å²) >= 11 is 0.0257. The molecule has 0 aliphatic rings. The highest BCUT2D eigenvalue weighted by atomic mass is 32.2. The largest absolute Gasteiger partial charge is 0.479 e. The van der Waals surface area contributed by atoms with Gasteiger partial charge in [-0.05, 0) is 0 Å². The Morgan fingerprint density at radius 1 is 1.40 bits per heavy atom. The Hall–Kier alpha value is 0.100.